The van der Waals surface area contributed by atoms with Gasteiger partial charge in [-0.2, -0.15) is 11.8 Å². The third-order valence-corrected chi connectivity index (χ3v) is 4.28. The molecule has 3 N–H and O–H groups in total. The zero-order valence-corrected chi connectivity index (χ0v) is 15.8. The molecular formula is C17H27FN4OS. The topological polar surface area (TPSA) is 65.5 Å². The maximum atomic E-state index is 13.4. The van der Waals surface area contributed by atoms with Crippen LogP contribution in [0.25, 0.3) is 0 Å². The van der Waals surface area contributed by atoms with Crippen LogP contribution in [0.5, 0.6) is 0 Å². The molecule has 0 aromatic heterocycles. The minimum atomic E-state index is -0.549. The van der Waals surface area contributed by atoms with Crippen molar-refractivity contribution in [3.8, 4) is 0 Å². The molecule has 0 saturated carbocycles. The second-order valence-electron chi connectivity index (χ2n) is 6.09. The van der Waals surface area contributed by atoms with Crippen LogP contribution in [0.2, 0.25) is 0 Å². The van der Waals surface area contributed by atoms with E-state index in [1.54, 1.807) is 38.0 Å². The van der Waals surface area contributed by atoms with Crippen molar-refractivity contribution in [3.63, 3.8) is 0 Å². The Labute approximate surface area is 147 Å². The molecule has 1 rings (SSSR count). The zero-order valence-electron chi connectivity index (χ0n) is 15.0. The molecule has 0 aliphatic rings. The summed E-state index contributed by atoms with van der Waals surface area (Å²) in [5, 5.41) is 9.02. The SMILES string of the molecule is CN=C(NCc1ccc(F)cc1CSC)NCC(C)(C)C(=O)NC. The predicted octanol–water partition coefficient (Wildman–Crippen LogP) is 2.13. The summed E-state index contributed by atoms with van der Waals surface area (Å²) < 4.78 is 13.4. The fraction of sp³-hybridized carbons (Fsp3) is 0.529. The van der Waals surface area contributed by atoms with Crippen LogP contribution in [0.4, 0.5) is 4.39 Å². The number of nitrogens with zero attached hydrogens (tertiary/aromatic N) is 1. The van der Waals surface area contributed by atoms with Gasteiger partial charge in [0.05, 0.1) is 5.41 Å². The maximum Gasteiger partial charge on any atom is 0.227 e. The van der Waals surface area contributed by atoms with Gasteiger partial charge in [-0.05, 0) is 43.4 Å². The lowest BCUT2D eigenvalue weighted by Gasteiger charge is -2.24. The van der Waals surface area contributed by atoms with E-state index in [1.165, 1.54) is 6.07 Å². The molecule has 1 amide bonds. The lowest BCUT2D eigenvalue weighted by molar-refractivity contribution is -0.128. The highest BCUT2D eigenvalue weighted by atomic mass is 32.2. The molecule has 7 heteroatoms. The summed E-state index contributed by atoms with van der Waals surface area (Å²) in [5.74, 6) is 1.10. The van der Waals surface area contributed by atoms with Gasteiger partial charge in [0, 0.05) is 32.9 Å². The largest absolute Gasteiger partial charge is 0.359 e. The first-order valence-electron chi connectivity index (χ1n) is 7.77. The molecule has 0 saturated heterocycles. The van der Waals surface area contributed by atoms with Crippen LogP contribution in [-0.2, 0) is 17.1 Å². The number of nitrogens with one attached hydrogen (secondary N) is 3. The average molecular weight is 354 g/mol. The zero-order chi connectivity index (χ0) is 18.2. The second-order valence-corrected chi connectivity index (χ2v) is 6.95. The molecule has 0 aliphatic heterocycles. The molecule has 0 radical (unpaired) electrons. The normalized spacial score (nSPS) is 12.0. The lowest BCUT2D eigenvalue weighted by atomic mass is 9.92. The summed E-state index contributed by atoms with van der Waals surface area (Å²) in [6, 6.07) is 4.82. The smallest absolute Gasteiger partial charge is 0.227 e. The molecule has 0 atom stereocenters. The highest BCUT2D eigenvalue weighted by molar-refractivity contribution is 7.97. The number of benzene rings is 1. The number of carbonyl (C=O) groups excluding carboxylic acids is 1. The first-order valence-corrected chi connectivity index (χ1v) is 9.16. The van der Waals surface area contributed by atoms with Crippen LogP contribution in [0.1, 0.15) is 25.0 Å². The minimum absolute atomic E-state index is 0.0359. The van der Waals surface area contributed by atoms with E-state index in [0.29, 0.717) is 19.0 Å². The van der Waals surface area contributed by atoms with Crippen LogP contribution in [0.3, 0.4) is 0 Å². The second kappa shape index (κ2) is 9.52. The molecule has 0 spiro atoms. The van der Waals surface area contributed by atoms with E-state index in [-0.39, 0.29) is 11.7 Å². The van der Waals surface area contributed by atoms with Gasteiger partial charge >= 0.3 is 0 Å². The first-order chi connectivity index (χ1) is 11.3. The standard InChI is InChI=1S/C17H27FN4OS/c1-17(2,15(23)19-3)11-22-16(20-4)21-9-12-6-7-14(18)8-13(12)10-24-5/h6-8H,9-11H2,1-5H3,(H,19,23)(H2,20,21,22). The number of guanidine groups is 1. The van der Waals surface area contributed by atoms with Crippen LogP contribution in [0.15, 0.2) is 23.2 Å². The Hall–Kier alpha value is -1.76. The molecule has 0 unspecified atom stereocenters. The van der Waals surface area contributed by atoms with Gasteiger partial charge in [0.1, 0.15) is 5.82 Å². The molecule has 0 bridgehead atoms. The van der Waals surface area contributed by atoms with Crippen molar-refractivity contribution in [2.24, 2.45) is 10.4 Å². The van der Waals surface area contributed by atoms with Gasteiger partial charge in [-0.15, -0.1) is 0 Å². The van der Waals surface area contributed by atoms with E-state index >= 15 is 0 Å². The number of halogens is 1. The Morgan fingerprint density at radius 3 is 2.58 bits per heavy atom. The summed E-state index contributed by atoms with van der Waals surface area (Å²) in [6.07, 6.45) is 1.99. The van der Waals surface area contributed by atoms with Crippen molar-refractivity contribution in [2.45, 2.75) is 26.1 Å². The lowest BCUT2D eigenvalue weighted by Crippen LogP contribution is -2.47. The van der Waals surface area contributed by atoms with Gasteiger partial charge < -0.3 is 16.0 Å². The number of aliphatic imine (C=N–C) groups is 1. The maximum absolute atomic E-state index is 13.4. The van der Waals surface area contributed by atoms with Gasteiger partial charge in [0.2, 0.25) is 5.91 Å². The van der Waals surface area contributed by atoms with Gasteiger partial charge in [-0.25, -0.2) is 4.39 Å². The molecule has 5 nitrogen and oxygen atoms in total. The first kappa shape index (κ1) is 20.3. The van der Waals surface area contributed by atoms with Crippen LogP contribution in [-0.4, -0.2) is 38.8 Å². The van der Waals surface area contributed by atoms with Crippen molar-refractivity contribution in [1.82, 2.24) is 16.0 Å². The van der Waals surface area contributed by atoms with Gasteiger partial charge in [0.25, 0.3) is 0 Å². The van der Waals surface area contributed by atoms with E-state index in [4.69, 9.17) is 0 Å². The van der Waals surface area contributed by atoms with E-state index in [2.05, 4.69) is 20.9 Å². The van der Waals surface area contributed by atoms with Crippen molar-refractivity contribution < 1.29 is 9.18 Å². The van der Waals surface area contributed by atoms with Gasteiger partial charge in [-0.3, -0.25) is 9.79 Å². The summed E-state index contributed by atoms with van der Waals surface area (Å²) >= 11 is 1.65. The van der Waals surface area contributed by atoms with E-state index in [9.17, 15) is 9.18 Å². The summed E-state index contributed by atoms with van der Waals surface area (Å²) in [4.78, 5) is 16.0. The molecular weight excluding hydrogens is 327 g/mol. The number of amides is 1. The number of thioether (sulfide) groups is 1. The molecule has 0 heterocycles. The van der Waals surface area contributed by atoms with Crippen LogP contribution < -0.4 is 16.0 Å². The van der Waals surface area contributed by atoms with E-state index < -0.39 is 5.41 Å². The molecule has 1 aromatic carbocycles. The quantitative estimate of drug-likeness (QED) is 0.518. The number of hydrogen-bond acceptors (Lipinski definition) is 3. The van der Waals surface area contributed by atoms with Gasteiger partial charge in [0.15, 0.2) is 5.96 Å². The third-order valence-electron chi connectivity index (χ3n) is 3.68. The number of carbonyl (C=O) groups is 1. The van der Waals surface area contributed by atoms with Crippen molar-refractivity contribution in [2.75, 3.05) is 26.9 Å². The summed E-state index contributed by atoms with van der Waals surface area (Å²) in [5.41, 5.74) is 1.45. The Morgan fingerprint density at radius 1 is 1.29 bits per heavy atom. The minimum Gasteiger partial charge on any atom is -0.359 e. The van der Waals surface area contributed by atoms with Crippen LogP contribution in [0, 0.1) is 11.2 Å². The third kappa shape index (κ3) is 6.03. The highest BCUT2D eigenvalue weighted by Gasteiger charge is 2.26. The number of hydrogen-bond donors (Lipinski definition) is 3. The Morgan fingerprint density at radius 2 is 2.00 bits per heavy atom. The fourth-order valence-electron chi connectivity index (χ4n) is 2.18. The molecule has 24 heavy (non-hydrogen) atoms. The Kier molecular flexibility index (Phi) is 8.04. The monoisotopic (exact) mass is 354 g/mol. The molecule has 0 aliphatic carbocycles. The predicted molar refractivity (Wildman–Crippen MR) is 99.7 cm³/mol. The van der Waals surface area contributed by atoms with Crippen LogP contribution >= 0.6 is 11.8 Å². The average Bonchev–Trinajstić information content (AvgIpc) is 2.56. The molecule has 1 aromatic rings. The summed E-state index contributed by atoms with van der Waals surface area (Å²) in [7, 11) is 3.30. The van der Waals surface area contributed by atoms with E-state index in [0.717, 1.165) is 16.9 Å². The van der Waals surface area contributed by atoms with Crippen molar-refractivity contribution in [1.29, 1.82) is 0 Å². The van der Waals surface area contributed by atoms with Gasteiger partial charge in [-0.1, -0.05) is 6.07 Å². The molecule has 134 valence electrons. The van der Waals surface area contributed by atoms with Crippen molar-refractivity contribution >= 4 is 23.6 Å². The Bertz CT molecular complexity index is 590. The van der Waals surface area contributed by atoms with E-state index in [1.807, 2.05) is 20.1 Å². The summed E-state index contributed by atoms with van der Waals surface area (Å²) in [6.45, 7) is 4.72. The highest BCUT2D eigenvalue weighted by Crippen LogP contribution is 2.17. The Balaban J connectivity index is 2.66. The molecule has 0 fully saturated rings. The van der Waals surface area contributed by atoms with Crippen molar-refractivity contribution in [3.05, 3.63) is 35.1 Å². The fourth-order valence-corrected chi connectivity index (χ4v) is 2.76. The number of rotatable bonds is 7.